The molecule has 28 heavy (non-hydrogen) atoms. The quantitative estimate of drug-likeness (QED) is 0.241. The van der Waals surface area contributed by atoms with E-state index in [-0.39, 0.29) is 24.0 Å². The van der Waals surface area contributed by atoms with E-state index in [1.807, 2.05) is 6.33 Å². The first-order valence-electron chi connectivity index (χ1n) is 10.3. The van der Waals surface area contributed by atoms with Gasteiger partial charge in [0.1, 0.15) is 12.2 Å². The summed E-state index contributed by atoms with van der Waals surface area (Å²) in [5.41, 5.74) is 1.38. The summed E-state index contributed by atoms with van der Waals surface area (Å²) in [6, 6.07) is 11.2. The summed E-state index contributed by atoms with van der Waals surface area (Å²) in [7, 11) is 0. The van der Waals surface area contributed by atoms with Crippen LogP contribution in [0.25, 0.3) is 0 Å². The number of aromatic nitrogens is 3. The number of nitrogens with zero attached hydrogens (tertiary/aromatic N) is 4. The number of benzene rings is 1. The van der Waals surface area contributed by atoms with Crippen molar-refractivity contribution in [1.82, 2.24) is 25.4 Å². The molecular weight excluding hydrogens is 463 g/mol. The van der Waals surface area contributed by atoms with Crippen LogP contribution in [0.1, 0.15) is 50.4 Å². The zero-order valence-corrected chi connectivity index (χ0v) is 19.1. The molecule has 1 fully saturated rings. The fourth-order valence-corrected chi connectivity index (χ4v) is 3.57. The van der Waals surface area contributed by atoms with Gasteiger partial charge in [-0.1, -0.05) is 50.1 Å². The third-order valence-corrected chi connectivity index (χ3v) is 5.09. The van der Waals surface area contributed by atoms with E-state index >= 15 is 0 Å². The second kappa shape index (κ2) is 12.7. The van der Waals surface area contributed by atoms with Gasteiger partial charge in [0, 0.05) is 32.1 Å². The van der Waals surface area contributed by atoms with E-state index in [0.29, 0.717) is 6.04 Å². The molecule has 7 heteroatoms. The van der Waals surface area contributed by atoms with Crippen molar-refractivity contribution in [2.24, 2.45) is 4.99 Å². The van der Waals surface area contributed by atoms with Gasteiger partial charge < -0.3 is 15.2 Å². The molecule has 1 aromatic heterocycles. The number of halogens is 1. The van der Waals surface area contributed by atoms with Crippen molar-refractivity contribution >= 4 is 29.9 Å². The van der Waals surface area contributed by atoms with Crippen LogP contribution in [0.4, 0.5) is 0 Å². The van der Waals surface area contributed by atoms with Crippen LogP contribution in [-0.4, -0.2) is 39.9 Å². The lowest BCUT2D eigenvalue weighted by molar-refractivity contribution is 0.592. The highest BCUT2D eigenvalue weighted by Gasteiger charge is 2.16. The van der Waals surface area contributed by atoms with Crippen LogP contribution >= 0.6 is 24.0 Å². The number of guanidine groups is 1. The predicted molar refractivity (Wildman–Crippen MR) is 125 cm³/mol. The Labute approximate surface area is 185 Å². The summed E-state index contributed by atoms with van der Waals surface area (Å²) in [5.74, 6) is 1.97. The van der Waals surface area contributed by atoms with Crippen LogP contribution in [0.3, 0.4) is 0 Å². The lowest BCUT2D eigenvalue weighted by atomic mass is 10.1. The van der Waals surface area contributed by atoms with Crippen LogP contribution in [0, 0.1) is 0 Å². The van der Waals surface area contributed by atoms with Gasteiger partial charge in [-0.3, -0.25) is 4.99 Å². The van der Waals surface area contributed by atoms with Crippen LogP contribution in [0.5, 0.6) is 0 Å². The molecule has 1 aliphatic rings. The second-order valence-electron chi connectivity index (χ2n) is 7.17. The number of nitrogens with one attached hydrogen (secondary N) is 2. The Kier molecular flexibility index (Phi) is 10.3. The molecule has 0 spiro atoms. The molecule has 3 rings (SSSR count). The molecule has 1 saturated carbocycles. The fraction of sp³-hybridized carbons (Fsp3) is 0.571. The highest BCUT2D eigenvalue weighted by atomic mass is 127. The number of aryl methyl sites for hydroxylation is 2. The van der Waals surface area contributed by atoms with Gasteiger partial charge in [0.2, 0.25) is 0 Å². The molecule has 1 aromatic carbocycles. The minimum Gasteiger partial charge on any atom is -0.355 e. The monoisotopic (exact) mass is 496 g/mol. The lowest BCUT2D eigenvalue weighted by Gasteiger charge is -2.18. The normalized spacial score (nSPS) is 14.7. The second-order valence-corrected chi connectivity index (χ2v) is 7.17. The first-order chi connectivity index (χ1) is 13.3. The third kappa shape index (κ3) is 7.41. The van der Waals surface area contributed by atoms with Gasteiger partial charge >= 0.3 is 0 Å². The van der Waals surface area contributed by atoms with Gasteiger partial charge in [0.05, 0.1) is 0 Å². The molecule has 2 aromatic rings. The Morgan fingerprint density at radius 2 is 2.00 bits per heavy atom. The lowest BCUT2D eigenvalue weighted by Crippen LogP contribution is -2.43. The molecule has 2 N–H and O–H groups in total. The van der Waals surface area contributed by atoms with Crippen molar-refractivity contribution in [3.05, 3.63) is 48.0 Å². The highest BCUT2D eigenvalue weighted by Crippen LogP contribution is 2.17. The van der Waals surface area contributed by atoms with E-state index in [1.54, 1.807) is 0 Å². The van der Waals surface area contributed by atoms with E-state index in [4.69, 9.17) is 4.99 Å². The van der Waals surface area contributed by atoms with E-state index in [1.165, 1.54) is 31.2 Å². The third-order valence-electron chi connectivity index (χ3n) is 5.09. The average Bonchev–Trinajstić information content (AvgIpc) is 3.37. The van der Waals surface area contributed by atoms with Crippen molar-refractivity contribution in [1.29, 1.82) is 0 Å². The highest BCUT2D eigenvalue weighted by molar-refractivity contribution is 14.0. The van der Waals surface area contributed by atoms with Crippen LogP contribution in [-0.2, 0) is 19.4 Å². The summed E-state index contributed by atoms with van der Waals surface area (Å²) in [5, 5.41) is 15.3. The van der Waals surface area contributed by atoms with Crippen LogP contribution < -0.4 is 10.6 Å². The fourth-order valence-electron chi connectivity index (χ4n) is 3.57. The topological polar surface area (TPSA) is 67.1 Å². The van der Waals surface area contributed by atoms with E-state index in [0.717, 1.165) is 50.7 Å². The summed E-state index contributed by atoms with van der Waals surface area (Å²) in [6.45, 7) is 4.62. The van der Waals surface area contributed by atoms with Gasteiger partial charge in [-0.15, -0.1) is 34.2 Å². The van der Waals surface area contributed by atoms with E-state index < -0.39 is 0 Å². The van der Waals surface area contributed by atoms with Crippen LogP contribution in [0.2, 0.25) is 0 Å². The van der Waals surface area contributed by atoms with Crippen molar-refractivity contribution in [3.63, 3.8) is 0 Å². The molecule has 0 atom stereocenters. The molecular formula is C21H33IN6. The van der Waals surface area contributed by atoms with Crippen molar-refractivity contribution in [2.75, 3.05) is 13.1 Å². The first kappa shape index (κ1) is 22.6. The van der Waals surface area contributed by atoms with Gasteiger partial charge in [0.25, 0.3) is 0 Å². The standard InChI is InChI=1S/C21H32N6.HI/c1-2-20-26-24-17-27(20)16-15-23-21(25-19-12-6-7-13-19)22-14-8-11-18-9-4-3-5-10-18;/h3-5,9-10,17,19H,2,6-8,11-16H2,1H3,(H2,22,23,25);1H. The number of hydrogen-bond acceptors (Lipinski definition) is 3. The number of rotatable bonds is 9. The zero-order chi connectivity index (χ0) is 18.7. The Bertz CT molecular complexity index is 694. The minimum atomic E-state index is 0. The first-order valence-corrected chi connectivity index (χ1v) is 10.3. The van der Waals surface area contributed by atoms with E-state index in [9.17, 15) is 0 Å². The molecule has 0 radical (unpaired) electrons. The maximum absolute atomic E-state index is 4.82. The van der Waals surface area contributed by atoms with Gasteiger partial charge in [0.15, 0.2) is 5.96 Å². The SMILES string of the molecule is CCc1nncn1CCNC(=NCCCc1ccccc1)NC1CCCC1.I. The van der Waals surface area contributed by atoms with Crippen molar-refractivity contribution in [2.45, 2.75) is 64.5 Å². The van der Waals surface area contributed by atoms with Gasteiger partial charge in [-0.05, 0) is 31.2 Å². The molecule has 1 aliphatic carbocycles. The molecule has 0 unspecified atom stereocenters. The number of aliphatic imine (C=N–C) groups is 1. The molecule has 0 amide bonds. The maximum atomic E-state index is 4.82. The van der Waals surface area contributed by atoms with Crippen molar-refractivity contribution < 1.29 is 0 Å². The van der Waals surface area contributed by atoms with E-state index in [2.05, 4.69) is 62.7 Å². The molecule has 0 bridgehead atoms. The van der Waals surface area contributed by atoms with Gasteiger partial charge in [-0.2, -0.15) is 0 Å². The average molecular weight is 496 g/mol. The van der Waals surface area contributed by atoms with Crippen molar-refractivity contribution in [3.8, 4) is 0 Å². The maximum Gasteiger partial charge on any atom is 0.191 e. The number of hydrogen-bond donors (Lipinski definition) is 2. The molecule has 154 valence electrons. The largest absolute Gasteiger partial charge is 0.355 e. The smallest absolute Gasteiger partial charge is 0.191 e. The Morgan fingerprint density at radius 3 is 2.75 bits per heavy atom. The van der Waals surface area contributed by atoms with Gasteiger partial charge in [-0.25, -0.2) is 0 Å². The summed E-state index contributed by atoms with van der Waals surface area (Å²) in [4.78, 5) is 4.82. The summed E-state index contributed by atoms with van der Waals surface area (Å²) >= 11 is 0. The minimum absolute atomic E-state index is 0. The Balaban J connectivity index is 0.00000280. The predicted octanol–water partition coefficient (Wildman–Crippen LogP) is 3.57. The molecule has 1 heterocycles. The Hall–Kier alpha value is -1.64. The molecule has 0 aliphatic heterocycles. The summed E-state index contributed by atoms with van der Waals surface area (Å²) in [6.07, 6.45) is 9.97. The molecule has 0 saturated heterocycles. The summed E-state index contributed by atoms with van der Waals surface area (Å²) < 4.78 is 2.11. The van der Waals surface area contributed by atoms with Crippen LogP contribution in [0.15, 0.2) is 41.7 Å². The zero-order valence-electron chi connectivity index (χ0n) is 16.8. The Morgan fingerprint density at radius 1 is 1.21 bits per heavy atom. The molecule has 6 nitrogen and oxygen atoms in total.